The standard InChI is InChI=1S/C5H12N2O.2ClH/c6-8-5-1-3-7-4-2-5;;/h5,7H,1-4,6H2;2*1H. The molecule has 3 N–H and O–H groups in total. The van der Waals surface area contributed by atoms with Crippen LogP contribution in [0.2, 0.25) is 0 Å². The van der Waals surface area contributed by atoms with Crippen molar-refractivity contribution in [2.24, 2.45) is 5.90 Å². The summed E-state index contributed by atoms with van der Waals surface area (Å²) in [4.78, 5) is 4.65. The van der Waals surface area contributed by atoms with Gasteiger partial charge in [-0.15, -0.1) is 24.8 Å². The van der Waals surface area contributed by atoms with Gasteiger partial charge >= 0.3 is 0 Å². The second-order valence-corrected chi connectivity index (χ2v) is 2.09. The molecule has 1 fully saturated rings. The number of halogens is 2. The van der Waals surface area contributed by atoms with Crippen LogP contribution in [0.3, 0.4) is 0 Å². The first kappa shape index (κ1) is 13.1. The Hall–Kier alpha value is 0.460. The second kappa shape index (κ2) is 7.57. The van der Waals surface area contributed by atoms with E-state index in [2.05, 4.69) is 10.2 Å². The molecule has 0 saturated carbocycles. The van der Waals surface area contributed by atoms with Crippen molar-refractivity contribution in [2.75, 3.05) is 13.1 Å². The molecule has 0 amide bonds. The Morgan fingerprint density at radius 3 is 2.00 bits per heavy atom. The molecule has 0 atom stereocenters. The molecule has 0 unspecified atom stereocenters. The van der Waals surface area contributed by atoms with Crippen LogP contribution in [-0.4, -0.2) is 19.2 Å². The Balaban J connectivity index is 0. The minimum Gasteiger partial charge on any atom is -0.317 e. The highest BCUT2D eigenvalue weighted by Crippen LogP contribution is 2.02. The highest BCUT2D eigenvalue weighted by molar-refractivity contribution is 5.85. The van der Waals surface area contributed by atoms with E-state index in [0.717, 1.165) is 25.9 Å². The smallest absolute Gasteiger partial charge is 0.0811 e. The minimum absolute atomic E-state index is 0. The van der Waals surface area contributed by atoms with Crippen molar-refractivity contribution in [3.63, 3.8) is 0 Å². The van der Waals surface area contributed by atoms with E-state index < -0.39 is 0 Å². The third kappa shape index (κ3) is 4.30. The topological polar surface area (TPSA) is 47.3 Å². The van der Waals surface area contributed by atoms with E-state index in [1.807, 2.05) is 0 Å². The van der Waals surface area contributed by atoms with Crippen molar-refractivity contribution in [1.29, 1.82) is 0 Å². The quantitative estimate of drug-likeness (QED) is 0.589. The predicted octanol–water partition coefficient (Wildman–Crippen LogP) is 0.472. The molecule has 1 saturated heterocycles. The van der Waals surface area contributed by atoms with Gasteiger partial charge < -0.3 is 10.2 Å². The summed E-state index contributed by atoms with van der Waals surface area (Å²) in [5.74, 6) is 4.98. The normalized spacial score (nSPS) is 18.9. The zero-order chi connectivity index (χ0) is 5.82. The Morgan fingerprint density at radius 1 is 1.20 bits per heavy atom. The first-order chi connectivity index (χ1) is 3.93. The molecular weight excluding hydrogens is 175 g/mol. The largest absolute Gasteiger partial charge is 0.317 e. The van der Waals surface area contributed by atoms with Crippen LogP contribution >= 0.6 is 24.8 Å². The maximum Gasteiger partial charge on any atom is 0.0811 e. The molecule has 1 aliphatic heterocycles. The van der Waals surface area contributed by atoms with Crippen LogP contribution in [0, 0.1) is 0 Å². The van der Waals surface area contributed by atoms with E-state index in [9.17, 15) is 0 Å². The number of hydrogen-bond donors (Lipinski definition) is 2. The van der Waals surface area contributed by atoms with Crippen molar-refractivity contribution in [3.05, 3.63) is 0 Å². The molecule has 1 rings (SSSR count). The van der Waals surface area contributed by atoms with Crippen molar-refractivity contribution < 1.29 is 4.84 Å². The van der Waals surface area contributed by atoms with Gasteiger partial charge in [0.05, 0.1) is 6.10 Å². The zero-order valence-electron chi connectivity index (χ0n) is 5.71. The number of rotatable bonds is 1. The lowest BCUT2D eigenvalue weighted by Gasteiger charge is -2.19. The summed E-state index contributed by atoms with van der Waals surface area (Å²) in [6, 6.07) is 0. The van der Waals surface area contributed by atoms with Gasteiger partial charge in [0.2, 0.25) is 0 Å². The lowest BCUT2D eigenvalue weighted by molar-refractivity contribution is 0.0325. The first-order valence-corrected chi connectivity index (χ1v) is 3.00. The molecule has 5 heteroatoms. The van der Waals surface area contributed by atoms with E-state index in [1.165, 1.54) is 0 Å². The fraction of sp³-hybridized carbons (Fsp3) is 1.00. The number of hydrogen-bond acceptors (Lipinski definition) is 3. The Bertz CT molecular complexity index is 68.7. The third-order valence-corrected chi connectivity index (χ3v) is 1.48. The molecule has 10 heavy (non-hydrogen) atoms. The number of piperidine rings is 1. The SMILES string of the molecule is Cl.Cl.NOC1CCNCC1. The Morgan fingerprint density at radius 2 is 1.70 bits per heavy atom. The molecule has 0 radical (unpaired) electrons. The highest BCUT2D eigenvalue weighted by Gasteiger charge is 2.10. The van der Waals surface area contributed by atoms with Crippen molar-refractivity contribution in [2.45, 2.75) is 18.9 Å². The van der Waals surface area contributed by atoms with Gasteiger partial charge in [0.1, 0.15) is 0 Å². The van der Waals surface area contributed by atoms with Crippen molar-refractivity contribution in [1.82, 2.24) is 5.32 Å². The summed E-state index contributed by atoms with van der Waals surface area (Å²) >= 11 is 0. The van der Waals surface area contributed by atoms with Crippen LogP contribution in [-0.2, 0) is 4.84 Å². The molecule has 0 spiro atoms. The molecule has 0 aromatic carbocycles. The number of nitrogens with two attached hydrogens (primary N) is 1. The van der Waals surface area contributed by atoms with E-state index in [4.69, 9.17) is 5.90 Å². The molecule has 64 valence electrons. The summed E-state index contributed by atoms with van der Waals surface area (Å²) < 4.78 is 0. The summed E-state index contributed by atoms with van der Waals surface area (Å²) in [7, 11) is 0. The monoisotopic (exact) mass is 188 g/mol. The van der Waals surface area contributed by atoms with Gasteiger partial charge in [-0.05, 0) is 25.9 Å². The molecule has 1 heterocycles. The third-order valence-electron chi connectivity index (χ3n) is 1.48. The molecule has 3 nitrogen and oxygen atoms in total. The Kier molecular flexibility index (Phi) is 9.90. The maximum atomic E-state index is 4.98. The van der Waals surface area contributed by atoms with Gasteiger partial charge in [-0.3, -0.25) is 0 Å². The van der Waals surface area contributed by atoms with E-state index in [1.54, 1.807) is 0 Å². The summed E-state index contributed by atoms with van der Waals surface area (Å²) in [5.41, 5.74) is 0. The van der Waals surface area contributed by atoms with E-state index in [0.29, 0.717) is 6.10 Å². The van der Waals surface area contributed by atoms with Crippen LogP contribution < -0.4 is 11.2 Å². The zero-order valence-corrected chi connectivity index (χ0v) is 7.34. The molecule has 0 aromatic heterocycles. The average molecular weight is 189 g/mol. The van der Waals surface area contributed by atoms with Gasteiger partial charge in [0, 0.05) is 0 Å². The first-order valence-electron chi connectivity index (χ1n) is 3.00. The summed E-state index contributed by atoms with van der Waals surface area (Å²) in [6.45, 7) is 2.09. The predicted molar refractivity (Wildman–Crippen MR) is 45.7 cm³/mol. The second-order valence-electron chi connectivity index (χ2n) is 2.09. The van der Waals surface area contributed by atoms with Gasteiger partial charge in [-0.25, -0.2) is 5.90 Å². The fourth-order valence-corrected chi connectivity index (χ4v) is 0.932. The van der Waals surface area contributed by atoms with Crippen LogP contribution in [0.5, 0.6) is 0 Å². The van der Waals surface area contributed by atoms with Gasteiger partial charge in [-0.2, -0.15) is 0 Å². The van der Waals surface area contributed by atoms with Crippen molar-refractivity contribution >= 4 is 24.8 Å². The molecular formula is C5H14Cl2N2O. The average Bonchev–Trinajstić information content (AvgIpc) is 1.90. The molecule has 1 aliphatic rings. The van der Waals surface area contributed by atoms with Gasteiger partial charge in [-0.1, -0.05) is 0 Å². The van der Waals surface area contributed by atoms with Crippen molar-refractivity contribution in [3.8, 4) is 0 Å². The van der Waals surface area contributed by atoms with Crippen LogP contribution in [0.25, 0.3) is 0 Å². The van der Waals surface area contributed by atoms with Crippen LogP contribution in [0.1, 0.15) is 12.8 Å². The lowest BCUT2D eigenvalue weighted by Crippen LogP contribution is -2.33. The van der Waals surface area contributed by atoms with Gasteiger partial charge in [0.15, 0.2) is 0 Å². The van der Waals surface area contributed by atoms with Crippen LogP contribution in [0.4, 0.5) is 0 Å². The molecule has 0 aromatic rings. The summed E-state index contributed by atoms with van der Waals surface area (Å²) in [6.07, 6.45) is 2.41. The molecule has 0 aliphatic carbocycles. The lowest BCUT2D eigenvalue weighted by atomic mass is 10.1. The fourth-order valence-electron chi connectivity index (χ4n) is 0.932. The van der Waals surface area contributed by atoms with Gasteiger partial charge in [0.25, 0.3) is 0 Å². The highest BCUT2D eigenvalue weighted by atomic mass is 35.5. The Labute approximate surface area is 73.5 Å². The minimum atomic E-state index is 0. The molecule has 0 bridgehead atoms. The van der Waals surface area contributed by atoms with E-state index in [-0.39, 0.29) is 24.8 Å². The summed E-state index contributed by atoms with van der Waals surface area (Å²) in [5, 5.41) is 3.21. The number of nitrogens with one attached hydrogen (secondary N) is 1. The maximum absolute atomic E-state index is 4.98. The van der Waals surface area contributed by atoms with E-state index >= 15 is 0 Å². The van der Waals surface area contributed by atoms with Crippen LogP contribution in [0.15, 0.2) is 0 Å².